The lowest BCUT2D eigenvalue weighted by Gasteiger charge is -2.37. The number of aromatic nitrogens is 1. The molecule has 0 aliphatic carbocycles. The molecule has 1 unspecified atom stereocenters. The van der Waals surface area contributed by atoms with Crippen LogP contribution in [-0.2, 0) is 9.59 Å². The molecule has 2 heterocycles. The van der Waals surface area contributed by atoms with Gasteiger partial charge in [0.05, 0.1) is 13.7 Å². The zero-order valence-electron chi connectivity index (χ0n) is 15.7. The van der Waals surface area contributed by atoms with Crippen LogP contribution in [0.4, 0.5) is 5.69 Å². The van der Waals surface area contributed by atoms with E-state index in [1.807, 2.05) is 26.0 Å². The summed E-state index contributed by atoms with van der Waals surface area (Å²) in [5.74, 6) is -0.702. The summed E-state index contributed by atoms with van der Waals surface area (Å²) in [5, 5.41) is 9.72. The predicted molar refractivity (Wildman–Crippen MR) is 101 cm³/mol. The Bertz CT molecular complexity index is 831. The summed E-state index contributed by atoms with van der Waals surface area (Å²) >= 11 is 0. The smallest absolute Gasteiger partial charge is 0.325 e. The lowest BCUT2D eigenvalue weighted by atomic mass is 10.1. The Morgan fingerprint density at radius 1 is 1.19 bits per heavy atom. The molecule has 1 atom stereocenters. The van der Waals surface area contributed by atoms with Gasteiger partial charge in [-0.15, -0.1) is 0 Å². The maximum Gasteiger partial charge on any atom is 0.325 e. The van der Waals surface area contributed by atoms with Gasteiger partial charge >= 0.3 is 5.97 Å². The topological polar surface area (TPSA) is 83.0 Å². The summed E-state index contributed by atoms with van der Waals surface area (Å²) in [5.41, 5.74) is 3.56. The van der Waals surface area contributed by atoms with E-state index in [1.165, 1.54) is 13.3 Å². The van der Waals surface area contributed by atoms with E-state index in [1.54, 1.807) is 21.9 Å². The van der Waals surface area contributed by atoms with Crippen LogP contribution in [0.1, 0.15) is 22.7 Å². The van der Waals surface area contributed by atoms with Crippen LogP contribution in [0.5, 0.6) is 5.88 Å². The molecule has 1 aromatic carbocycles. The molecule has 1 aliphatic heterocycles. The van der Waals surface area contributed by atoms with E-state index < -0.39 is 12.0 Å². The van der Waals surface area contributed by atoms with Gasteiger partial charge in [0.25, 0.3) is 0 Å². The van der Waals surface area contributed by atoms with Gasteiger partial charge in [0.1, 0.15) is 6.04 Å². The molecule has 1 aromatic heterocycles. The zero-order valence-corrected chi connectivity index (χ0v) is 15.7. The number of nitrogens with zero attached hydrogens (tertiary/aromatic N) is 3. The van der Waals surface area contributed by atoms with Gasteiger partial charge in [-0.25, -0.2) is 4.98 Å². The Kier molecular flexibility index (Phi) is 5.41. The van der Waals surface area contributed by atoms with Gasteiger partial charge in [-0.1, -0.05) is 6.07 Å². The molecule has 1 fully saturated rings. The number of carboxylic acid groups (broad SMARTS) is 1. The zero-order chi connectivity index (χ0) is 19.6. The number of amides is 1. The number of hydrogen-bond donors (Lipinski definition) is 1. The second-order valence-electron chi connectivity index (χ2n) is 6.74. The van der Waals surface area contributed by atoms with E-state index in [9.17, 15) is 14.7 Å². The number of carboxylic acids is 1. The third-order valence-corrected chi connectivity index (χ3v) is 4.65. The number of pyridine rings is 1. The fraction of sp³-hybridized carbons (Fsp3) is 0.350. The first-order valence-corrected chi connectivity index (χ1v) is 8.74. The minimum absolute atomic E-state index is 0.0377. The number of aliphatic carboxylic acids is 1. The molecular formula is C20H23N3O4. The highest BCUT2D eigenvalue weighted by Crippen LogP contribution is 2.26. The van der Waals surface area contributed by atoms with Crippen LogP contribution in [0.15, 0.2) is 36.5 Å². The first-order chi connectivity index (χ1) is 12.9. The summed E-state index contributed by atoms with van der Waals surface area (Å²) in [6.07, 6.45) is 1.48. The van der Waals surface area contributed by atoms with Crippen molar-refractivity contribution < 1.29 is 19.4 Å². The second-order valence-corrected chi connectivity index (χ2v) is 6.74. The SMILES string of the molecule is COc1ccc(C(C(=O)O)N2CCN(c3cc(C)cc(C)c3)C(=O)C2)cn1. The van der Waals surface area contributed by atoms with Crippen molar-refractivity contribution in [1.29, 1.82) is 0 Å². The van der Waals surface area contributed by atoms with Crippen LogP contribution in [0.2, 0.25) is 0 Å². The molecule has 0 saturated carbocycles. The normalized spacial score (nSPS) is 16.3. The second kappa shape index (κ2) is 7.75. The molecule has 3 rings (SSSR count). The Labute approximate surface area is 158 Å². The highest BCUT2D eigenvalue weighted by atomic mass is 16.5. The number of methoxy groups -OCH3 is 1. The number of rotatable bonds is 5. The van der Waals surface area contributed by atoms with Gasteiger partial charge in [-0.05, 0) is 48.7 Å². The van der Waals surface area contributed by atoms with Crippen LogP contribution in [-0.4, -0.2) is 53.6 Å². The van der Waals surface area contributed by atoms with Gasteiger partial charge < -0.3 is 14.7 Å². The fourth-order valence-corrected chi connectivity index (χ4v) is 3.48. The Hall–Kier alpha value is -2.93. The molecule has 7 heteroatoms. The standard InChI is InChI=1S/C20H23N3O4/c1-13-8-14(2)10-16(9-13)23-7-6-22(12-18(23)24)19(20(25)26)15-4-5-17(27-3)21-11-15/h4-5,8-11,19H,6-7,12H2,1-3H3,(H,25,26). The lowest BCUT2D eigenvalue weighted by Crippen LogP contribution is -2.52. The monoisotopic (exact) mass is 369 g/mol. The number of ether oxygens (including phenoxy) is 1. The summed E-state index contributed by atoms with van der Waals surface area (Å²) in [7, 11) is 1.50. The van der Waals surface area contributed by atoms with Gasteiger partial charge in [0.2, 0.25) is 11.8 Å². The molecule has 0 bridgehead atoms. The van der Waals surface area contributed by atoms with E-state index >= 15 is 0 Å². The number of hydrogen-bond acceptors (Lipinski definition) is 5. The quantitative estimate of drug-likeness (QED) is 0.870. The maximum atomic E-state index is 12.7. The predicted octanol–water partition coefficient (Wildman–Crippen LogP) is 2.18. The van der Waals surface area contributed by atoms with Gasteiger partial charge in [-0.2, -0.15) is 0 Å². The molecule has 2 aromatic rings. The van der Waals surface area contributed by atoms with Crippen LogP contribution in [0.3, 0.4) is 0 Å². The minimum atomic E-state index is -1.00. The minimum Gasteiger partial charge on any atom is -0.481 e. The number of carbonyl (C=O) groups excluding carboxylic acids is 1. The van der Waals surface area contributed by atoms with Crippen molar-refractivity contribution >= 4 is 17.6 Å². The van der Waals surface area contributed by atoms with Crippen LogP contribution >= 0.6 is 0 Å². The molecule has 0 radical (unpaired) electrons. The molecule has 1 amide bonds. The van der Waals surface area contributed by atoms with E-state index in [4.69, 9.17) is 4.74 Å². The largest absolute Gasteiger partial charge is 0.481 e. The highest BCUT2D eigenvalue weighted by Gasteiger charge is 2.34. The molecule has 0 spiro atoms. The maximum absolute atomic E-state index is 12.7. The molecule has 1 N–H and O–H groups in total. The number of benzene rings is 1. The van der Waals surface area contributed by atoms with E-state index in [2.05, 4.69) is 11.1 Å². The number of anilines is 1. The van der Waals surface area contributed by atoms with Crippen LogP contribution < -0.4 is 9.64 Å². The van der Waals surface area contributed by atoms with Crippen molar-refractivity contribution in [2.75, 3.05) is 31.6 Å². The average molecular weight is 369 g/mol. The van der Waals surface area contributed by atoms with Crippen molar-refractivity contribution in [2.45, 2.75) is 19.9 Å². The molecule has 7 nitrogen and oxygen atoms in total. The Balaban J connectivity index is 1.80. The third kappa shape index (κ3) is 4.09. The molecular weight excluding hydrogens is 346 g/mol. The highest BCUT2D eigenvalue weighted by molar-refractivity contribution is 5.96. The number of aryl methyl sites for hydroxylation is 2. The van der Waals surface area contributed by atoms with Crippen LogP contribution in [0.25, 0.3) is 0 Å². The Morgan fingerprint density at radius 3 is 2.41 bits per heavy atom. The van der Waals surface area contributed by atoms with Crippen molar-refractivity contribution in [2.24, 2.45) is 0 Å². The van der Waals surface area contributed by atoms with Crippen molar-refractivity contribution in [1.82, 2.24) is 9.88 Å². The van der Waals surface area contributed by atoms with Crippen molar-refractivity contribution in [3.63, 3.8) is 0 Å². The first kappa shape index (κ1) is 18.8. The lowest BCUT2D eigenvalue weighted by molar-refractivity contribution is -0.144. The molecule has 27 heavy (non-hydrogen) atoms. The van der Waals surface area contributed by atoms with E-state index in [0.717, 1.165) is 16.8 Å². The summed E-state index contributed by atoms with van der Waals surface area (Å²) in [4.78, 5) is 32.1. The molecule has 1 saturated heterocycles. The van der Waals surface area contributed by atoms with E-state index in [-0.39, 0.29) is 12.5 Å². The first-order valence-electron chi connectivity index (χ1n) is 8.74. The summed E-state index contributed by atoms with van der Waals surface area (Å²) < 4.78 is 5.02. The Morgan fingerprint density at radius 2 is 1.89 bits per heavy atom. The van der Waals surface area contributed by atoms with E-state index in [0.29, 0.717) is 24.5 Å². The third-order valence-electron chi connectivity index (χ3n) is 4.65. The molecule has 1 aliphatic rings. The van der Waals surface area contributed by atoms with Crippen molar-refractivity contribution in [3.05, 3.63) is 53.2 Å². The molecule has 142 valence electrons. The van der Waals surface area contributed by atoms with Gasteiger partial charge in [0.15, 0.2) is 0 Å². The van der Waals surface area contributed by atoms with Gasteiger partial charge in [0, 0.05) is 31.0 Å². The fourth-order valence-electron chi connectivity index (χ4n) is 3.48. The average Bonchev–Trinajstić information content (AvgIpc) is 2.61. The number of carbonyl (C=O) groups is 2. The number of piperazine rings is 1. The van der Waals surface area contributed by atoms with Crippen molar-refractivity contribution in [3.8, 4) is 5.88 Å². The summed E-state index contributed by atoms with van der Waals surface area (Å²) in [6, 6.07) is 8.38. The van der Waals surface area contributed by atoms with Crippen LogP contribution in [0, 0.1) is 13.8 Å². The van der Waals surface area contributed by atoms with Gasteiger partial charge in [-0.3, -0.25) is 14.5 Å². The summed E-state index contributed by atoms with van der Waals surface area (Å²) in [6.45, 7) is 4.93.